The molecule has 0 spiro atoms. The van der Waals surface area contributed by atoms with Gasteiger partial charge in [-0.2, -0.15) is 8.75 Å². The topological polar surface area (TPSA) is 37.8 Å². The SMILES string of the molecule is Fc1cc(Cl)c(Nc2nsnc2Cl)c(Cl)c1. The molecule has 0 amide bonds. The molecule has 84 valence electrons. The fourth-order valence-corrected chi connectivity index (χ4v) is 2.23. The van der Waals surface area contributed by atoms with Crippen molar-refractivity contribution >= 4 is 58.0 Å². The van der Waals surface area contributed by atoms with Gasteiger partial charge in [0, 0.05) is 0 Å². The van der Waals surface area contributed by atoms with Crippen molar-refractivity contribution in [3.05, 3.63) is 33.1 Å². The zero-order chi connectivity index (χ0) is 11.7. The van der Waals surface area contributed by atoms with E-state index < -0.39 is 5.82 Å². The molecule has 0 radical (unpaired) electrons. The molecule has 0 saturated carbocycles. The second-order valence-electron chi connectivity index (χ2n) is 2.77. The number of aromatic nitrogens is 2. The molecule has 0 saturated heterocycles. The zero-order valence-corrected chi connectivity index (χ0v) is 10.6. The van der Waals surface area contributed by atoms with Crippen LogP contribution in [0.2, 0.25) is 15.2 Å². The van der Waals surface area contributed by atoms with Crippen LogP contribution >= 0.6 is 46.5 Å². The Labute approximate surface area is 109 Å². The summed E-state index contributed by atoms with van der Waals surface area (Å²) in [4.78, 5) is 0. The number of hydrogen-bond acceptors (Lipinski definition) is 4. The van der Waals surface area contributed by atoms with Crippen molar-refractivity contribution in [2.75, 3.05) is 5.32 Å². The molecular formula is C8H3Cl3FN3S. The number of benzene rings is 1. The van der Waals surface area contributed by atoms with Gasteiger partial charge in [0.1, 0.15) is 5.82 Å². The van der Waals surface area contributed by atoms with E-state index in [0.717, 1.165) is 23.9 Å². The minimum Gasteiger partial charge on any atom is -0.334 e. The van der Waals surface area contributed by atoms with Gasteiger partial charge in [0.2, 0.25) is 0 Å². The monoisotopic (exact) mass is 297 g/mol. The fourth-order valence-electron chi connectivity index (χ4n) is 1.03. The highest BCUT2D eigenvalue weighted by atomic mass is 35.5. The molecule has 0 aliphatic heterocycles. The van der Waals surface area contributed by atoms with E-state index >= 15 is 0 Å². The summed E-state index contributed by atoms with van der Waals surface area (Å²) >= 11 is 18.3. The van der Waals surface area contributed by atoms with Crippen LogP contribution in [0.3, 0.4) is 0 Å². The molecule has 3 nitrogen and oxygen atoms in total. The Morgan fingerprint density at radius 2 is 1.75 bits per heavy atom. The van der Waals surface area contributed by atoms with Gasteiger partial charge in [-0.15, -0.1) is 0 Å². The van der Waals surface area contributed by atoms with Crippen LogP contribution in [0.4, 0.5) is 15.9 Å². The van der Waals surface area contributed by atoms with E-state index in [4.69, 9.17) is 34.8 Å². The van der Waals surface area contributed by atoms with Gasteiger partial charge in [0.05, 0.1) is 27.5 Å². The average Bonchev–Trinajstić information content (AvgIpc) is 2.57. The lowest BCUT2D eigenvalue weighted by Crippen LogP contribution is -1.94. The van der Waals surface area contributed by atoms with Gasteiger partial charge in [0.15, 0.2) is 11.0 Å². The summed E-state index contributed by atoms with van der Waals surface area (Å²) in [7, 11) is 0. The fraction of sp³-hybridized carbons (Fsp3) is 0. The minimum atomic E-state index is -0.511. The van der Waals surface area contributed by atoms with Gasteiger partial charge in [0.25, 0.3) is 0 Å². The Hall–Kier alpha value is -0.620. The van der Waals surface area contributed by atoms with Crippen LogP contribution < -0.4 is 5.32 Å². The molecule has 8 heteroatoms. The summed E-state index contributed by atoms with van der Waals surface area (Å²) in [6.45, 7) is 0. The summed E-state index contributed by atoms with van der Waals surface area (Å²) in [6, 6.07) is 2.28. The van der Waals surface area contributed by atoms with Crippen LogP contribution in [-0.4, -0.2) is 8.75 Å². The van der Waals surface area contributed by atoms with Crippen LogP contribution in [-0.2, 0) is 0 Å². The van der Waals surface area contributed by atoms with E-state index in [1.807, 2.05) is 0 Å². The standard InChI is InChI=1S/C8H3Cl3FN3S/c9-4-1-3(12)2-5(10)6(4)13-8-7(11)14-16-15-8/h1-2H,(H,13,15). The number of halogens is 4. The second kappa shape index (κ2) is 4.71. The van der Waals surface area contributed by atoms with E-state index in [1.54, 1.807) is 0 Å². The first-order valence-electron chi connectivity index (χ1n) is 3.97. The van der Waals surface area contributed by atoms with Gasteiger partial charge in [-0.25, -0.2) is 4.39 Å². The molecule has 0 aliphatic carbocycles. The Morgan fingerprint density at radius 1 is 1.12 bits per heavy atom. The smallest absolute Gasteiger partial charge is 0.187 e. The highest BCUT2D eigenvalue weighted by Crippen LogP contribution is 2.34. The molecule has 1 aromatic heterocycles. The Balaban J connectivity index is 2.39. The quantitative estimate of drug-likeness (QED) is 0.894. The lowest BCUT2D eigenvalue weighted by molar-refractivity contribution is 0.628. The second-order valence-corrected chi connectivity index (χ2v) is 4.47. The third-order valence-corrected chi connectivity index (χ3v) is 3.19. The lowest BCUT2D eigenvalue weighted by atomic mass is 10.3. The first-order chi connectivity index (χ1) is 7.58. The largest absolute Gasteiger partial charge is 0.334 e. The molecule has 1 aromatic carbocycles. The molecule has 0 aliphatic rings. The van der Waals surface area contributed by atoms with Crippen molar-refractivity contribution in [1.82, 2.24) is 8.75 Å². The maximum atomic E-state index is 12.9. The van der Waals surface area contributed by atoms with Crippen LogP contribution in [0, 0.1) is 5.82 Å². The molecule has 0 unspecified atom stereocenters. The normalized spacial score (nSPS) is 10.5. The van der Waals surface area contributed by atoms with Gasteiger partial charge in [-0.05, 0) is 12.1 Å². The molecule has 0 atom stereocenters. The van der Waals surface area contributed by atoms with E-state index in [0.29, 0.717) is 11.5 Å². The van der Waals surface area contributed by atoms with Crippen molar-refractivity contribution in [2.24, 2.45) is 0 Å². The molecule has 16 heavy (non-hydrogen) atoms. The summed E-state index contributed by atoms with van der Waals surface area (Å²) < 4.78 is 20.6. The highest BCUT2D eigenvalue weighted by Gasteiger charge is 2.12. The third-order valence-electron chi connectivity index (χ3n) is 1.70. The van der Waals surface area contributed by atoms with Crippen LogP contribution in [0.25, 0.3) is 0 Å². The summed E-state index contributed by atoms with van der Waals surface area (Å²) in [5.74, 6) is -0.176. The molecule has 2 aromatic rings. The summed E-state index contributed by atoms with van der Waals surface area (Å²) in [6.07, 6.45) is 0. The van der Waals surface area contributed by atoms with Gasteiger partial charge < -0.3 is 5.32 Å². The number of hydrogen-bond donors (Lipinski definition) is 1. The van der Waals surface area contributed by atoms with Crippen LogP contribution in [0.15, 0.2) is 12.1 Å². The van der Waals surface area contributed by atoms with E-state index in [9.17, 15) is 4.39 Å². The molecule has 1 heterocycles. The zero-order valence-electron chi connectivity index (χ0n) is 7.47. The predicted octanol–water partition coefficient (Wildman–Crippen LogP) is 4.38. The van der Waals surface area contributed by atoms with Crippen LogP contribution in [0.5, 0.6) is 0 Å². The van der Waals surface area contributed by atoms with Crippen molar-refractivity contribution in [2.45, 2.75) is 0 Å². The Morgan fingerprint density at radius 3 is 2.25 bits per heavy atom. The van der Waals surface area contributed by atoms with Crippen molar-refractivity contribution in [3.8, 4) is 0 Å². The third kappa shape index (κ3) is 2.38. The number of rotatable bonds is 2. The van der Waals surface area contributed by atoms with E-state index in [2.05, 4.69) is 14.1 Å². The molecule has 0 fully saturated rings. The summed E-state index contributed by atoms with van der Waals surface area (Å²) in [5.41, 5.74) is 0.347. The maximum absolute atomic E-state index is 12.9. The number of anilines is 2. The van der Waals surface area contributed by atoms with Crippen LogP contribution in [0.1, 0.15) is 0 Å². The Kier molecular flexibility index (Phi) is 3.49. The average molecular weight is 299 g/mol. The highest BCUT2D eigenvalue weighted by molar-refractivity contribution is 6.99. The van der Waals surface area contributed by atoms with Gasteiger partial charge in [-0.3, -0.25) is 0 Å². The predicted molar refractivity (Wildman–Crippen MR) is 64.6 cm³/mol. The molecule has 1 N–H and O–H groups in total. The minimum absolute atomic E-state index is 0.147. The summed E-state index contributed by atoms with van der Waals surface area (Å²) in [5, 5.41) is 3.29. The first kappa shape index (κ1) is 11.9. The van der Waals surface area contributed by atoms with Gasteiger partial charge >= 0.3 is 0 Å². The molecular weight excluding hydrogens is 296 g/mol. The maximum Gasteiger partial charge on any atom is 0.187 e. The van der Waals surface area contributed by atoms with Crippen molar-refractivity contribution in [1.29, 1.82) is 0 Å². The van der Waals surface area contributed by atoms with E-state index in [-0.39, 0.29) is 15.2 Å². The number of nitrogens with one attached hydrogen (secondary N) is 1. The van der Waals surface area contributed by atoms with Crippen molar-refractivity contribution in [3.63, 3.8) is 0 Å². The first-order valence-corrected chi connectivity index (χ1v) is 5.84. The van der Waals surface area contributed by atoms with E-state index in [1.165, 1.54) is 0 Å². The van der Waals surface area contributed by atoms with Gasteiger partial charge in [-0.1, -0.05) is 34.8 Å². The Bertz CT molecular complexity index is 508. The van der Waals surface area contributed by atoms with Crippen molar-refractivity contribution < 1.29 is 4.39 Å². The lowest BCUT2D eigenvalue weighted by Gasteiger charge is -2.07. The molecule has 2 rings (SSSR count). The molecule has 0 bridgehead atoms. The number of nitrogens with zero attached hydrogens (tertiary/aromatic N) is 2.